The van der Waals surface area contributed by atoms with Crippen LogP contribution in [0.5, 0.6) is 0 Å². The molecule has 9 nitrogen and oxygen atoms in total. The van der Waals surface area contributed by atoms with Crippen LogP contribution < -0.4 is 16.6 Å². The van der Waals surface area contributed by atoms with Crippen LogP contribution >= 0.6 is 7.60 Å². The zero-order valence-corrected chi connectivity index (χ0v) is 12.7. The average molecular weight is 319 g/mol. The zero-order chi connectivity index (χ0) is 15.9. The van der Waals surface area contributed by atoms with Gasteiger partial charge in [-0.15, -0.1) is 0 Å². The number of aromatic amines is 1. The molecule has 10 heteroatoms. The summed E-state index contributed by atoms with van der Waals surface area (Å²) < 4.78 is 23.1. The van der Waals surface area contributed by atoms with Gasteiger partial charge in [-0.05, 0) is 13.8 Å². The van der Waals surface area contributed by atoms with E-state index in [2.05, 4.69) is 5.32 Å². The van der Waals surface area contributed by atoms with Crippen molar-refractivity contribution in [3.8, 4) is 0 Å². The van der Waals surface area contributed by atoms with Crippen molar-refractivity contribution in [2.75, 3.05) is 19.5 Å². The Hall–Kier alpha value is -1.70. The Kier molecular flexibility index (Phi) is 6.54. The smallest absolute Gasteiger partial charge is 0.343 e. The molecular weight excluding hydrogens is 301 g/mol. The number of carbonyl (C=O) groups is 1. The fourth-order valence-electron chi connectivity index (χ4n) is 1.49. The van der Waals surface area contributed by atoms with Gasteiger partial charge in [-0.3, -0.25) is 23.7 Å². The van der Waals surface area contributed by atoms with Crippen LogP contribution in [0.1, 0.15) is 13.8 Å². The Morgan fingerprint density at radius 1 is 1.33 bits per heavy atom. The average Bonchev–Trinajstić information content (AvgIpc) is 2.40. The van der Waals surface area contributed by atoms with E-state index in [0.717, 1.165) is 10.6 Å². The number of carbonyl (C=O) groups excluding carboxylic acids is 1. The number of aromatic nitrogens is 2. The second-order valence-electron chi connectivity index (χ2n) is 3.94. The summed E-state index contributed by atoms with van der Waals surface area (Å²) in [4.78, 5) is 36.0. The van der Waals surface area contributed by atoms with Gasteiger partial charge in [0.25, 0.3) is 5.56 Å². The molecule has 0 saturated heterocycles. The summed E-state index contributed by atoms with van der Waals surface area (Å²) in [7, 11) is -3.37. The van der Waals surface area contributed by atoms with Gasteiger partial charge in [-0.1, -0.05) is 0 Å². The summed E-state index contributed by atoms with van der Waals surface area (Å²) in [6.07, 6.45) is 0.914. The molecule has 0 atom stereocenters. The number of hydrogen-bond acceptors (Lipinski definition) is 6. The zero-order valence-electron chi connectivity index (χ0n) is 11.8. The Balaban J connectivity index is 2.63. The minimum Gasteiger partial charge on any atom is -0.343 e. The molecule has 0 radical (unpaired) electrons. The van der Waals surface area contributed by atoms with Gasteiger partial charge < -0.3 is 14.4 Å². The van der Waals surface area contributed by atoms with Gasteiger partial charge >= 0.3 is 13.3 Å². The first kappa shape index (κ1) is 17.4. The summed E-state index contributed by atoms with van der Waals surface area (Å²) in [5, 5.41) is 2.38. The van der Waals surface area contributed by atoms with Gasteiger partial charge in [-0.25, -0.2) is 4.79 Å². The van der Waals surface area contributed by atoms with E-state index in [1.807, 2.05) is 4.98 Å². The van der Waals surface area contributed by atoms with Crippen LogP contribution in [0.3, 0.4) is 0 Å². The van der Waals surface area contributed by atoms with Gasteiger partial charge in [0.2, 0.25) is 5.91 Å². The van der Waals surface area contributed by atoms with Crippen LogP contribution in [0.4, 0.5) is 0 Å². The molecule has 118 valence electrons. The standard InChI is InChI=1S/C11H18N3O6P/c1-3-19-21(18,20-4-2)8-12-10(16)7-14-6-5-9(15)13-11(14)17/h5-6H,3-4,7-8H2,1-2H3,(H,12,16)(H,13,15,17). The molecule has 0 fully saturated rings. The maximum atomic E-state index is 12.1. The van der Waals surface area contributed by atoms with Crippen molar-refractivity contribution < 1.29 is 18.4 Å². The minimum atomic E-state index is -3.37. The number of hydrogen-bond donors (Lipinski definition) is 2. The quantitative estimate of drug-likeness (QED) is 0.644. The van der Waals surface area contributed by atoms with Crippen molar-refractivity contribution >= 4 is 13.5 Å². The molecule has 2 N–H and O–H groups in total. The molecule has 1 rings (SSSR count). The lowest BCUT2D eigenvalue weighted by Gasteiger charge is -2.17. The molecule has 0 spiro atoms. The fraction of sp³-hybridized carbons (Fsp3) is 0.545. The van der Waals surface area contributed by atoms with Crippen molar-refractivity contribution in [3.05, 3.63) is 33.1 Å². The van der Waals surface area contributed by atoms with Crippen molar-refractivity contribution in [3.63, 3.8) is 0 Å². The van der Waals surface area contributed by atoms with Crippen LogP contribution in [-0.2, 0) is 25.0 Å². The van der Waals surface area contributed by atoms with E-state index in [9.17, 15) is 18.9 Å². The molecule has 1 aromatic heterocycles. The molecule has 0 aliphatic rings. The molecule has 0 bridgehead atoms. The van der Waals surface area contributed by atoms with E-state index >= 15 is 0 Å². The lowest BCUT2D eigenvalue weighted by molar-refractivity contribution is -0.121. The van der Waals surface area contributed by atoms with E-state index in [1.165, 1.54) is 6.20 Å². The first-order valence-electron chi connectivity index (χ1n) is 6.35. The lowest BCUT2D eigenvalue weighted by Crippen LogP contribution is -2.35. The second kappa shape index (κ2) is 7.92. The highest BCUT2D eigenvalue weighted by molar-refractivity contribution is 7.53. The van der Waals surface area contributed by atoms with Gasteiger partial charge in [0.05, 0.1) is 13.2 Å². The van der Waals surface area contributed by atoms with E-state index in [4.69, 9.17) is 9.05 Å². The summed E-state index contributed by atoms with van der Waals surface area (Å²) in [6.45, 7) is 3.38. The minimum absolute atomic E-state index is 0.187. The second-order valence-corrected chi connectivity index (χ2v) is 6.00. The normalized spacial score (nSPS) is 11.3. The molecule has 0 aliphatic heterocycles. The third-order valence-electron chi connectivity index (χ3n) is 2.33. The van der Waals surface area contributed by atoms with Crippen molar-refractivity contribution in [1.29, 1.82) is 0 Å². The van der Waals surface area contributed by atoms with Crippen LogP contribution in [-0.4, -0.2) is 35.0 Å². The number of nitrogens with one attached hydrogen (secondary N) is 2. The third kappa shape index (κ3) is 5.66. The summed E-state index contributed by atoms with van der Waals surface area (Å²) in [6, 6.07) is 1.12. The predicted molar refractivity (Wildman–Crippen MR) is 75.2 cm³/mol. The highest BCUT2D eigenvalue weighted by Gasteiger charge is 2.24. The van der Waals surface area contributed by atoms with Crippen molar-refractivity contribution in [2.45, 2.75) is 20.4 Å². The Morgan fingerprint density at radius 3 is 2.48 bits per heavy atom. The van der Waals surface area contributed by atoms with Crippen LogP contribution in [0.25, 0.3) is 0 Å². The molecule has 0 aliphatic carbocycles. The van der Waals surface area contributed by atoms with E-state index in [-0.39, 0.29) is 26.0 Å². The Labute approximate surface area is 120 Å². The van der Waals surface area contributed by atoms with E-state index < -0.39 is 24.8 Å². The summed E-state index contributed by atoms with van der Waals surface area (Å²) in [5.74, 6) is -0.552. The molecule has 0 aromatic carbocycles. The molecule has 0 unspecified atom stereocenters. The van der Waals surface area contributed by atoms with Gasteiger partial charge in [0, 0.05) is 12.3 Å². The number of amides is 1. The molecule has 0 saturated carbocycles. The van der Waals surface area contributed by atoms with Crippen LogP contribution in [0.15, 0.2) is 21.9 Å². The highest BCUT2D eigenvalue weighted by Crippen LogP contribution is 2.46. The van der Waals surface area contributed by atoms with Gasteiger partial charge in [0.1, 0.15) is 12.8 Å². The van der Waals surface area contributed by atoms with Gasteiger partial charge in [0.15, 0.2) is 0 Å². The summed E-state index contributed by atoms with van der Waals surface area (Å²) in [5.41, 5.74) is -1.25. The van der Waals surface area contributed by atoms with Crippen molar-refractivity contribution in [1.82, 2.24) is 14.9 Å². The largest absolute Gasteiger partial charge is 0.349 e. The van der Waals surface area contributed by atoms with Crippen LogP contribution in [0, 0.1) is 0 Å². The number of rotatable bonds is 8. The lowest BCUT2D eigenvalue weighted by atomic mass is 10.5. The number of nitrogens with zero attached hydrogens (tertiary/aromatic N) is 1. The maximum Gasteiger partial charge on any atom is 0.349 e. The predicted octanol–water partition coefficient (Wildman–Crippen LogP) is -0.124. The van der Waals surface area contributed by atoms with E-state index in [0.29, 0.717) is 0 Å². The summed E-state index contributed by atoms with van der Waals surface area (Å²) >= 11 is 0. The van der Waals surface area contributed by atoms with E-state index in [1.54, 1.807) is 13.8 Å². The fourth-order valence-corrected chi connectivity index (χ4v) is 2.90. The highest BCUT2D eigenvalue weighted by atomic mass is 31.2. The molecule has 1 aromatic rings. The first-order valence-corrected chi connectivity index (χ1v) is 8.07. The molecule has 1 amide bonds. The molecular formula is C11H18N3O6P. The molecule has 1 heterocycles. The van der Waals surface area contributed by atoms with Gasteiger partial charge in [-0.2, -0.15) is 0 Å². The third-order valence-corrected chi connectivity index (χ3v) is 4.18. The maximum absolute atomic E-state index is 12.1. The Bertz CT molecular complexity index is 627. The van der Waals surface area contributed by atoms with Crippen LogP contribution in [0.2, 0.25) is 0 Å². The SMILES string of the molecule is CCOP(=O)(CNC(=O)Cn1ccc(=O)[nH]c1=O)OCC. The van der Waals surface area contributed by atoms with Crippen molar-refractivity contribution in [2.24, 2.45) is 0 Å². The monoisotopic (exact) mass is 319 g/mol. The molecule has 21 heavy (non-hydrogen) atoms. The first-order chi connectivity index (χ1) is 9.90. The number of H-pyrrole nitrogens is 1. The topological polar surface area (TPSA) is 119 Å². The Morgan fingerprint density at radius 2 is 1.95 bits per heavy atom.